The Balaban J connectivity index is 1.58. The molecule has 0 aliphatic rings. The molecule has 0 aliphatic heterocycles. The summed E-state index contributed by atoms with van der Waals surface area (Å²) in [4.78, 5) is 22.7. The number of nitrogens with zero attached hydrogens (tertiary/aromatic N) is 3. The Morgan fingerprint density at radius 2 is 1.96 bits per heavy atom. The van der Waals surface area contributed by atoms with E-state index in [1.54, 1.807) is 48.9 Å². The summed E-state index contributed by atoms with van der Waals surface area (Å²) in [6.07, 6.45) is 6.27. The van der Waals surface area contributed by atoms with Crippen molar-refractivity contribution in [1.29, 1.82) is 0 Å². The highest BCUT2D eigenvalue weighted by molar-refractivity contribution is 6.31. The van der Waals surface area contributed by atoms with E-state index in [9.17, 15) is 4.79 Å². The molecule has 0 bridgehead atoms. The zero-order valence-electron chi connectivity index (χ0n) is 14.4. The summed E-state index contributed by atoms with van der Waals surface area (Å²) in [6.45, 7) is 0.861. The summed E-state index contributed by atoms with van der Waals surface area (Å²) in [5, 5.41) is 3.30. The SMILES string of the molecule is CN(CCc1ccncc1)c1ccc(NC(=O)c2cccc(Cl)c2)nc1. The number of rotatable bonds is 6. The molecule has 1 amide bonds. The molecule has 0 radical (unpaired) electrons. The van der Waals surface area contributed by atoms with E-state index in [1.807, 2.05) is 25.2 Å². The summed E-state index contributed by atoms with van der Waals surface area (Å²) in [7, 11) is 2.02. The van der Waals surface area contributed by atoms with E-state index in [-0.39, 0.29) is 5.91 Å². The summed E-state index contributed by atoms with van der Waals surface area (Å²) in [5.41, 5.74) is 2.72. The maximum Gasteiger partial charge on any atom is 0.256 e. The molecule has 6 heteroatoms. The van der Waals surface area contributed by atoms with Crippen LogP contribution in [0.3, 0.4) is 0 Å². The van der Waals surface area contributed by atoms with Gasteiger partial charge < -0.3 is 10.2 Å². The minimum Gasteiger partial charge on any atom is -0.373 e. The normalized spacial score (nSPS) is 10.4. The molecule has 0 saturated carbocycles. The monoisotopic (exact) mass is 366 g/mol. The second-order valence-electron chi connectivity index (χ2n) is 5.89. The van der Waals surface area contributed by atoms with Crippen LogP contribution in [0, 0.1) is 0 Å². The van der Waals surface area contributed by atoms with Crippen LogP contribution in [-0.4, -0.2) is 29.5 Å². The van der Waals surface area contributed by atoms with Gasteiger partial charge in [0, 0.05) is 36.6 Å². The molecule has 0 saturated heterocycles. The van der Waals surface area contributed by atoms with Crippen molar-refractivity contribution in [3.63, 3.8) is 0 Å². The van der Waals surface area contributed by atoms with Crippen molar-refractivity contribution >= 4 is 29.0 Å². The van der Waals surface area contributed by atoms with E-state index in [4.69, 9.17) is 11.6 Å². The quantitative estimate of drug-likeness (QED) is 0.714. The molecule has 0 spiro atoms. The number of carbonyl (C=O) groups excluding carboxylic acids is 1. The molecule has 2 aromatic heterocycles. The van der Waals surface area contributed by atoms with Gasteiger partial charge in [-0.05, 0) is 54.4 Å². The van der Waals surface area contributed by atoms with Gasteiger partial charge in [0.2, 0.25) is 0 Å². The molecular formula is C20H19ClN4O. The number of anilines is 2. The second kappa shape index (κ2) is 8.45. The molecule has 26 heavy (non-hydrogen) atoms. The molecular weight excluding hydrogens is 348 g/mol. The number of hydrogen-bond donors (Lipinski definition) is 1. The molecule has 5 nitrogen and oxygen atoms in total. The zero-order valence-corrected chi connectivity index (χ0v) is 15.1. The smallest absolute Gasteiger partial charge is 0.256 e. The van der Waals surface area contributed by atoms with Crippen LogP contribution in [0.1, 0.15) is 15.9 Å². The van der Waals surface area contributed by atoms with Gasteiger partial charge in [-0.3, -0.25) is 9.78 Å². The topological polar surface area (TPSA) is 58.1 Å². The highest BCUT2D eigenvalue weighted by Gasteiger charge is 2.08. The minimum absolute atomic E-state index is 0.237. The van der Waals surface area contributed by atoms with Crippen molar-refractivity contribution < 1.29 is 4.79 Å². The predicted octanol–water partition coefficient (Wildman–Crippen LogP) is 4.06. The first kappa shape index (κ1) is 17.9. The first-order chi connectivity index (χ1) is 12.6. The molecule has 0 fully saturated rings. The Hall–Kier alpha value is -2.92. The number of pyridine rings is 2. The highest BCUT2D eigenvalue weighted by atomic mass is 35.5. The molecule has 0 atom stereocenters. The van der Waals surface area contributed by atoms with Crippen LogP contribution >= 0.6 is 11.6 Å². The molecule has 3 rings (SSSR count). The van der Waals surface area contributed by atoms with Crippen LogP contribution in [0.15, 0.2) is 67.1 Å². The molecule has 1 N–H and O–H groups in total. The van der Waals surface area contributed by atoms with E-state index in [2.05, 4.69) is 20.2 Å². The van der Waals surface area contributed by atoms with E-state index in [0.29, 0.717) is 16.4 Å². The highest BCUT2D eigenvalue weighted by Crippen LogP contribution is 2.16. The van der Waals surface area contributed by atoms with Gasteiger partial charge >= 0.3 is 0 Å². The van der Waals surface area contributed by atoms with E-state index in [0.717, 1.165) is 18.7 Å². The fraction of sp³-hybridized carbons (Fsp3) is 0.150. The second-order valence-corrected chi connectivity index (χ2v) is 6.33. The third-order valence-electron chi connectivity index (χ3n) is 4.00. The third-order valence-corrected chi connectivity index (χ3v) is 4.24. The number of carbonyl (C=O) groups is 1. The van der Waals surface area contributed by atoms with Crippen molar-refractivity contribution in [3.8, 4) is 0 Å². The summed E-state index contributed by atoms with van der Waals surface area (Å²) >= 11 is 5.92. The Morgan fingerprint density at radius 1 is 1.15 bits per heavy atom. The van der Waals surface area contributed by atoms with Crippen molar-refractivity contribution in [3.05, 3.63) is 83.3 Å². The lowest BCUT2D eigenvalue weighted by Crippen LogP contribution is -2.20. The predicted molar refractivity (Wildman–Crippen MR) is 105 cm³/mol. The van der Waals surface area contributed by atoms with Crippen LogP contribution in [0.2, 0.25) is 5.02 Å². The summed E-state index contributed by atoms with van der Waals surface area (Å²) in [5.74, 6) is 0.264. The van der Waals surface area contributed by atoms with E-state index in [1.165, 1.54) is 5.56 Å². The van der Waals surface area contributed by atoms with Gasteiger partial charge in [0.05, 0.1) is 11.9 Å². The molecule has 0 aliphatic carbocycles. The summed E-state index contributed by atoms with van der Waals surface area (Å²) < 4.78 is 0. The van der Waals surface area contributed by atoms with Gasteiger partial charge in [-0.1, -0.05) is 17.7 Å². The van der Waals surface area contributed by atoms with Gasteiger partial charge in [-0.15, -0.1) is 0 Å². The van der Waals surface area contributed by atoms with Crippen molar-refractivity contribution in [1.82, 2.24) is 9.97 Å². The third kappa shape index (κ3) is 4.80. The molecule has 2 heterocycles. The van der Waals surface area contributed by atoms with Crippen LogP contribution in [0.5, 0.6) is 0 Å². The Labute approximate surface area is 157 Å². The van der Waals surface area contributed by atoms with Crippen LogP contribution in [0.25, 0.3) is 0 Å². The molecule has 0 unspecified atom stereocenters. The average Bonchev–Trinajstić information content (AvgIpc) is 2.67. The largest absolute Gasteiger partial charge is 0.373 e. The van der Waals surface area contributed by atoms with Crippen LogP contribution in [-0.2, 0) is 6.42 Å². The number of benzene rings is 1. The Morgan fingerprint density at radius 3 is 2.65 bits per heavy atom. The van der Waals surface area contributed by atoms with Crippen molar-refractivity contribution in [2.75, 3.05) is 23.8 Å². The van der Waals surface area contributed by atoms with Gasteiger partial charge in [-0.25, -0.2) is 4.98 Å². The number of likely N-dealkylation sites (N-methyl/N-ethyl adjacent to an activating group) is 1. The van der Waals surface area contributed by atoms with E-state index < -0.39 is 0 Å². The standard InChI is InChI=1S/C20H19ClN4O/c1-25(12-9-15-7-10-22-11-8-15)18-5-6-19(23-14-18)24-20(26)16-3-2-4-17(21)13-16/h2-8,10-11,13-14H,9,12H2,1H3,(H,23,24,26). The number of halogens is 1. The van der Waals surface area contributed by atoms with E-state index >= 15 is 0 Å². The first-order valence-electron chi connectivity index (χ1n) is 8.25. The average molecular weight is 367 g/mol. The first-order valence-corrected chi connectivity index (χ1v) is 8.62. The minimum atomic E-state index is -0.237. The Kier molecular flexibility index (Phi) is 5.81. The van der Waals surface area contributed by atoms with Crippen molar-refractivity contribution in [2.45, 2.75) is 6.42 Å². The van der Waals surface area contributed by atoms with Crippen LogP contribution < -0.4 is 10.2 Å². The molecule has 3 aromatic rings. The zero-order chi connectivity index (χ0) is 18.4. The number of nitrogens with one attached hydrogen (secondary N) is 1. The molecule has 132 valence electrons. The maximum absolute atomic E-state index is 12.2. The molecule has 1 aromatic carbocycles. The van der Waals surface area contributed by atoms with Gasteiger partial charge in [0.15, 0.2) is 0 Å². The fourth-order valence-electron chi connectivity index (χ4n) is 2.48. The van der Waals surface area contributed by atoms with Crippen molar-refractivity contribution in [2.24, 2.45) is 0 Å². The van der Waals surface area contributed by atoms with Gasteiger partial charge in [0.1, 0.15) is 5.82 Å². The lowest BCUT2D eigenvalue weighted by Gasteiger charge is -2.19. The Bertz CT molecular complexity index is 868. The lowest BCUT2D eigenvalue weighted by molar-refractivity contribution is 0.102. The van der Waals surface area contributed by atoms with Crippen LogP contribution in [0.4, 0.5) is 11.5 Å². The van der Waals surface area contributed by atoms with Gasteiger partial charge in [-0.2, -0.15) is 0 Å². The number of hydrogen-bond acceptors (Lipinski definition) is 4. The summed E-state index contributed by atoms with van der Waals surface area (Å²) in [6, 6.07) is 14.6. The lowest BCUT2D eigenvalue weighted by atomic mass is 10.2. The number of aromatic nitrogens is 2. The van der Waals surface area contributed by atoms with Gasteiger partial charge in [0.25, 0.3) is 5.91 Å². The fourth-order valence-corrected chi connectivity index (χ4v) is 2.67. The maximum atomic E-state index is 12.2. The number of amides is 1.